The van der Waals surface area contributed by atoms with Gasteiger partial charge in [0.2, 0.25) is 30.1 Å². The molecule has 0 unspecified atom stereocenters. The summed E-state index contributed by atoms with van der Waals surface area (Å²) >= 11 is 19.3. The summed E-state index contributed by atoms with van der Waals surface area (Å²) in [6, 6.07) is 41.5. The molecule has 25 nitrogen and oxygen atoms in total. The first-order valence-electron chi connectivity index (χ1n) is 48.1. The molecule has 3 amide bonds. The lowest BCUT2D eigenvalue weighted by Crippen LogP contribution is -2.52. The molecule has 720 valence electrons. The van der Waals surface area contributed by atoms with Gasteiger partial charge in [-0.25, -0.2) is 39.4 Å². The van der Waals surface area contributed by atoms with E-state index in [1.54, 1.807) is 119 Å². The predicted molar refractivity (Wildman–Crippen MR) is 527 cm³/mol. The molecule has 20 rings (SSSR count). The number of methoxy groups -OCH3 is 1. The van der Waals surface area contributed by atoms with Gasteiger partial charge in [-0.05, 0) is 327 Å². The molecule has 2 aromatic heterocycles. The molecule has 4 N–H and O–H groups in total. The molecule has 3 fully saturated rings. The number of fused-ring (bicyclic) bond motifs is 12. The largest absolute Gasteiger partial charge is 0.490 e. The zero-order chi connectivity index (χ0) is 95.6. The fourth-order valence-corrected chi connectivity index (χ4v) is 27.9. The van der Waals surface area contributed by atoms with Crippen molar-refractivity contribution in [3.05, 3.63) is 259 Å². The van der Waals surface area contributed by atoms with Crippen LogP contribution in [-0.4, -0.2) is 156 Å². The van der Waals surface area contributed by atoms with Crippen molar-refractivity contribution in [2.75, 3.05) is 80.9 Å². The van der Waals surface area contributed by atoms with Crippen LogP contribution in [-0.2, 0) is 86.3 Å². The molecule has 136 heavy (non-hydrogen) atoms. The summed E-state index contributed by atoms with van der Waals surface area (Å²) in [5.74, 6) is -0.330. The number of halogens is 3. The Morgan fingerprint density at radius 1 is 0.441 bits per heavy atom. The first kappa shape index (κ1) is 96.5. The lowest BCUT2D eigenvalue weighted by Gasteiger charge is -2.50. The Morgan fingerprint density at radius 2 is 0.816 bits per heavy atom. The highest BCUT2D eigenvalue weighted by molar-refractivity contribution is 7.91. The smallest absolute Gasteiger partial charge is 0.264 e. The maximum atomic E-state index is 13.5. The van der Waals surface area contributed by atoms with Crippen molar-refractivity contribution in [1.29, 1.82) is 0 Å². The van der Waals surface area contributed by atoms with E-state index in [4.69, 9.17) is 53.8 Å². The fourth-order valence-electron chi connectivity index (χ4n) is 23.4. The molecular weight excluding hydrogens is 1840 g/mol. The van der Waals surface area contributed by atoms with Gasteiger partial charge in [0, 0.05) is 125 Å². The summed E-state index contributed by atoms with van der Waals surface area (Å²) in [5, 5.41) is 29.3. The van der Waals surface area contributed by atoms with Gasteiger partial charge >= 0.3 is 0 Å². The van der Waals surface area contributed by atoms with E-state index in [-0.39, 0.29) is 92.0 Å². The third kappa shape index (κ3) is 19.0. The van der Waals surface area contributed by atoms with Crippen LogP contribution in [0.5, 0.6) is 17.2 Å². The van der Waals surface area contributed by atoms with Gasteiger partial charge in [-0.3, -0.25) is 19.2 Å². The van der Waals surface area contributed by atoms with Crippen LogP contribution in [0, 0.1) is 53.3 Å². The monoisotopic (exact) mass is 1960 g/mol. The van der Waals surface area contributed by atoms with Gasteiger partial charge in [0.05, 0.1) is 64.0 Å². The van der Waals surface area contributed by atoms with Crippen LogP contribution >= 0.6 is 34.8 Å². The van der Waals surface area contributed by atoms with Gasteiger partial charge < -0.3 is 38.8 Å². The Hall–Kier alpha value is -9.78. The minimum absolute atomic E-state index is 0.0666. The maximum absolute atomic E-state index is 13.5. The average molecular weight is 1970 g/mol. The van der Waals surface area contributed by atoms with Crippen LogP contribution in [0.25, 0.3) is 0 Å². The van der Waals surface area contributed by atoms with E-state index in [0.717, 1.165) is 129 Å². The van der Waals surface area contributed by atoms with Gasteiger partial charge in [0.15, 0.2) is 5.78 Å². The second kappa shape index (κ2) is 38.8. The zero-order valence-corrected chi connectivity index (χ0v) is 82.7. The second-order valence-corrected chi connectivity index (χ2v) is 47.9. The summed E-state index contributed by atoms with van der Waals surface area (Å²) in [5.41, 5.74) is 8.60. The van der Waals surface area contributed by atoms with Crippen molar-refractivity contribution in [1.82, 2.24) is 34.6 Å². The van der Waals surface area contributed by atoms with E-state index in [0.29, 0.717) is 106 Å². The third-order valence-corrected chi connectivity index (χ3v) is 38.9. The highest BCUT2D eigenvalue weighted by Gasteiger charge is 2.54. The Morgan fingerprint density at radius 3 is 1.18 bits per heavy atom. The predicted octanol–water partition coefficient (Wildman–Crippen LogP) is 17.2. The van der Waals surface area contributed by atoms with Crippen LogP contribution in [0.3, 0.4) is 0 Å². The van der Waals surface area contributed by atoms with E-state index in [9.17, 15) is 49.5 Å². The van der Waals surface area contributed by atoms with Gasteiger partial charge in [0.25, 0.3) is 17.7 Å². The number of nitrogens with one attached hydrogen (secondary N) is 3. The first-order chi connectivity index (χ1) is 65.1. The van der Waals surface area contributed by atoms with E-state index >= 15 is 0 Å². The fraction of sp³-hybridized carbons (Fsp3) is 0.486. The van der Waals surface area contributed by atoms with Crippen molar-refractivity contribution < 1.29 is 68.5 Å². The number of nitrogens with zero attached hydrogens (tertiary/aromatic N) is 7. The Kier molecular flexibility index (Phi) is 27.5. The zero-order valence-electron chi connectivity index (χ0n) is 78.0. The molecule has 6 aromatic carbocycles. The number of aliphatic hydroxyl groups is 1. The van der Waals surface area contributed by atoms with Crippen molar-refractivity contribution in [3.63, 3.8) is 0 Å². The number of carbonyl (C=O) groups excluding carboxylic acids is 4. The van der Waals surface area contributed by atoms with Gasteiger partial charge in [-0.1, -0.05) is 104 Å². The number of anilines is 3. The molecule has 0 radical (unpaired) electrons. The SMILES string of the molecule is CO[C@@]1(c2cccnn2)/C=C/C[C@H](C)[C@@H](C)S(=O)(=O)NC(=O)c2ccc3c(c2)N(C[C@@H]2CC[C@H]21)C[C@@]1(CCCc2cc(Cl)ccc21)CO3.C[C@@H]1[C@@H](C)C/C=C/C(=O)[C@@H]2CC[C@H]2CN2C[C@@]3(CCCc4cc(Cl)ccc43)COc3ccc(cc32)C(=O)NS1(=O)=O.C[C@@H]1[C@@H](C)C/C=C/[C@@](O)(c2cccnn2)[C@@H]2CC[C@H]2CN2C[C@@]3(CCCc4cc(Cl)ccc43)COc3ccc(cc32)C(=O)NS1(=O)=O. The molecule has 31 heteroatoms. The van der Waals surface area contributed by atoms with Gasteiger partial charge in [-0.15, -0.1) is 0 Å². The number of carbonyl (C=O) groups is 4. The van der Waals surface area contributed by atoms with E-state index in [2.05, 4.69) is 91.7 Å². The Balaban J connectivity index is 0.000000136. The molecule has 6 bridgehead atoms. The van der Waals surface area contributed by atoms with E-state index < -0.39 is 74.7 Å². The molecule has 3 saturated carbocycles. The molecular formula is C105H121Cl3N10O15S3. The number of sulfonamides is 3. The number of ether oxygens (including phenoxy) is 4. The normalized spacial score (nSPS) is 32.2. The van der Waals surface area contributed by atoms with Crippen LogP contribution in [0.2, 0.25) is 15.1 Å². The van der Waals surface area contributed by atoms with Gasteiger partial charge in [0.1, 0.15) is 28.5 Å². The number of rotatable bonds is 3. The molecule has 12 aliphatic rings. The van der Waals surface area contributed by atoms with Crippen LogP contribution in [0.15, 0.2) is 182 Å². The van der Waals surface area contributed by atoms with Crippen LogP contribution in [0.4, 0.5) is 17.1 Å². The summed E-state index contributed by atoms with van der Waals surface area (Å²) < 4.78 is 113. The molecule has 3 spiro atoms. The van der Waals surface area contributed by atoms with Crippen molar-refractivity contribution >= 4 is 105 Å². The standard InChI is InChI=1S/C37H43ClN4O5S.C36H41ClN4O5S.C32H37ClN2O5S/c1-24-7-4-17-37(46-3,34-9-6-18-39-40-34)31-13-10-28(31)21-42-22-36(16-5-8-26-19-29(38)12-14-30(26)36)23-47-33-15-11-27(20-32(33)42)35(43)41-48(44,45)25(24)2;1-23-6-3-16-36(43,33-8-5-17-38-39-33)30-12-9-27(30)20-41-21-35(15-4-7-25-18-28(37)11-13-29(25)35)22-46-32-14-10-26(19-31(32)41)34(42)40-47(44,45)24(23)2;1-20-5-3-7-29(36)26-11-8-24(26)17-35-18-32(14-4-6-22-15-25(33)10-12-27(22)32)19-40-30-13-9-23(16-28(30)35)31(37)34-41(38,39)21(20)2/h4,6,9,11-12,14-15,17-20,24-25,28,31H,5,7-8,10,13,16,21-23H2,1-3H3,(H,41,43);3,5,8,10-11,13-14,16-19,23-24,27,30,43H,4,6-7,9,12,15,20-22H2,1-2H3,(H,40,42);3,7,9-10,12-13,15-16,20-21,24,26H,4-6,8,11,14,17-19H2,1-2H3,(H,34,37)/b17-4+;16-3+;7-3+/t24-,25+,28-,31+,36-,37-;23-,24+,27-,30+,35-,36-;20-,21+,24-,26+,32-/m000/s1. The summed E-state index contributed by atoms with van der Waals surface area (Å²) in [6.07, 6.45) is 29.9. The Bertz CT molecular complexity index is 6380. The minimum atomic E-state index is -4.00. The average Bonchev–Trinajstić information content (AvgIpc) is 1.59. The quantitative estimate of drug-likeness (QED) is 0.119. The highest BCUT2D eigenvalue weighted by Crippen LogP contribution is 2.56. The third-order valence-electron chi connectivity index (χ3n) is 32.4. The number of aromatic nitrogens is 4. The summed E-state index contributed by atoms with van der Waals surface area (Å²) in [4.78, 5) is 60.5. The molecule has 8 aromatic rings. The molecule has 6 aliphatic carbocycles. The molecule has 6 aliphatic heterocycles. The van der Waals surface area contributed by atoms with Gasteiger partial charge in [-0.2, -0.15) is 20.4 Å². The number of allylic oxidation sites excluding steroid dienone is 4. The van der Waals surface area contributed by atoms with Crippen LogP contribution < -0.4 is 43.1 Å². The topological polar surface area (TPSA) is 325 Å². The second-order valence-electron chi connectivity index (χ2n) is 40.5. The summed E-state index contributed by atoms with van der Waals surface area (Å²) in [6.45, 7) is 15.8. The molecule has 8 heterocycles. The van der Waals surface area contributed by atoms with Crippen molar-refractivity contribution in [2.24, 2.45) is 53.3 Å². The number of benzene rings is 6. The van der Waals surface area contributed by atoms with E-state index in [1.165, 1.54) is 33.4 Å². The lowest BCUT2D eigenvalue weighted by atomic mass is 9.62. The first-order valence-corrected chi connectivity index (χ1v) is 53.9. The number of ketones is 1. The molecule has 0 saturated heterocycles. The van der Waals surface area contributed by atoms with Crippen molar-refractivity contribution in [2.45, 2.75) is 200 Å². The lowest BCUT2D eigenvalue weighted by molar-refractivity contribution is -0.122. The van der Waals surface area contributed by atoms with Crippen LogP contribution in [0.1, 0.15) is 214 Å². The molecule has 17 atom stereocenters. The highest BCUT2D eigenvalue weighted by atomic mass is 35.5. The minimum Gasteiger partial charge on any atom is -0.490 e. The number of amides is 3. The number of hydrogen-bond donors (Lipinski definition) is 4. The summed E-state index contributed by atoms with van der Waals surface area (Å²) in [7, 11) is -10.2. The number of hydrogen-bond acceptors (Lipinski definition) is 22. The number of aryl methyl sites for hydroxylation is 3. The maximum Gasteiger partial charge on any atom is 0.264 e. The Labute approximate surface area is 813 Å². The van der Waals surface area contributed by atoms with E-state index in [1.807, 2.05) is 69.3 Å². The van der Waals surface area contributed by atoms with Crippen molar-refractivity contribution in [3.8, 4) is 17.2 Å².